The Morgan fingerprint density at radius 1 is 0.742 bits per heavy atom. The molecule has 31 heavy (non-hydrogen) atoms. The second-order valence-corrected chi connectivity index (χ2v) is 9.83. The van der Waals surface area contributed by atoms with Crippen molar-refractivity contribution in [3.8, 4) is 0 Å². The number of carboxylic acid groups (broad SMARTS) is 2. The fraction of sp³-hybridized carbons (Fsp3) is 0.600. The number of rotatable bonds is 14. The molecule has 0 aromatic carbocycles. The molecule has 0 aromatic heterocycles. The maximum atomic E-state index is 10.4. The van der Waals surface area contributed by atoms with Gasteiger partial charge >= 0.3 is 81.5 Å². The van der Waals surface area contributed by atoms with Gasteiger partial charge in [-0.15, -0.1) is 0 Å². The van der Waals surface area contributed by atoms with Crippen LogP contribution in [0.3, 0.4) is 0 Å². The number of unbranched alkanes of at least 4 members (excludes halogenated alkanes) is 2. The average molecular weight is 551 g/mol. The molecule has 0 fully saturated rings. The second kappa shape index (κ2) is 28.1. The predicted octanol–water partition coefficient (Wildman–Crippen LogP) is -1.22. The number of carbonyl (C=O) groups is 4. The van der Waals surface area contributed by atoms with E-state index in [2.05, 4.69) is 23.3 Å². The van der Waals surface area contributed by atoms with Gasteiger partial charge in [-0.05, 0) is 12.2 Å². The Kier molecular flexibility index (Phi) is 30.5. The molecule has 0 unspecified atom stereocenters. The minimum atomic E-state index is -1.47. The van der Waals surface area contributed by atoms with E-state index in [-0.39, 0.29) is 47.6 Å². The summed E-state index contributed by atoms with van der Waals surface area (Å²) in [5, 5.41) is 35.8. The van der Waals surface area contributed by atoms with Crippen LogP contribution >= 0.6 is 0 Å². The first-order chi connectivity index (χ1) is 14.7. The molecule has 10 nitrogen and oxygen atoms in total. The average Bonchev–Trinajstić information content (AvgIpc) is 2.74. The van der Waals surface area contributed by atoms with Crippen LogP contribution in [0.5, 0.6) is 0 Å². The molecule has 0 aromatic rings. The van der Waals surface area contributed by atoms with Gasteiger partial charge < -0.3 is 39.5 Å². The third kappa shape index (κ3) is 39.2. The summed E-state index contributed by atoms with van der Waals surface area (Å²) in [6.45, 7) is 3.72. The first-order valence-electron chi connectivity index (χ1n) is 9.79. The summed E-state index contributed by atoms with van der Waals surface area (Å²) in [5.41, 5.74) is 0. The number of carboxylic acids is 2. The van der Waals surface area contributed by atoms with Crippen LogP contribution in [0, 0.1) is 0 Å². The fourth-order valence-corrected chi connectivity index (χ4v) is 5.55. The molecule has 11 heteroatoms. The first-order valence-corrected chi connectivity index (χ1v) is 13.8. The van der Waals surface area contributed by atoms with Gasteiger partial charge in [0.1, 0.15) is 13.2 Å². The van der Waals surface area contributed by atoms with Crippen molar-refractivity contribution < 1.29 is 49.1 Å². The van der Waals surface area contributed by atoms with Crippen LogP contribution in [-0.4, -0.2) is 81.7 Å². The van der Waals surface area contributed by atoms with Crippen molar-refractivity contribution in [3.63, 3.8) is 0 Å². The molecule has 0 saturated heterocycles. The molecule has 0 atom stereocenters. The first kappa shape index (κ1) is 33.7. The van der Waals surface area contributed by atoms with Gasteiger partial charge in [0.05, 0.1) is 25.2 Å². The van der Waals surface area contributed by atoms with Crippen molar-refractivity contribution in [2.75, 3.05) is 26.4 Å². The van der Waals surface area contributed by atoms with Gasteiger partial charge in [0.2, 0.25) is 0 Å². The number of aliphatic hydroxyl groups is 2. The van der Waals surface area contributed by atoms with Gasteiger partial charge in [0.15, 0.2) is 0 Å². The van der Waals surface area contributed by atoms with Crippen molar-refractivity contribution in [1.82, 2.24) is 0 Å². The van der Waals surface area contributed by atoms with Crippen LogP contribution in [0.2, 0.25) is 8.87 Å². The standard InChI is InChI=1S/2C6H8O5.2C4H9.Sn/c2*7-3-4-11-6(10)2-1-5(8)9;2*1-3-4-2;/h2*1-2,7H,3-4H2,(H,8,9);2*1,3-4H2,2H3;/q;;;;+2/p-2/b2*2-1-;;;. The largest absolute Gasteiger partial charge is 0.545 e. The van der Waals surface area contributed by atoms with E-state index in [1.54, 1.807) is 8.87 Å². The molecular formula is C20H32O10Sn. The van der Waals surface area contributed by atoms with Crippen LogP contribution in [0.1, 0.15) is 39.5 Å². The molecule has 0 radical (unpaired) electrons. The van der Waals surface area contributed by atoms with E-state index < -0.39 is 23.9 Å². The third-order valence-corrected chi connectivity index (χ3v) is 6.83. The molecule has 0 bridgehead atoms. The van der Waals surface area contributed by atoms with Crippen LogP contribution in [0.25, 0.3) is 0 Å². The van der Waals surface area contributed by atoms with E-state index in [1.165, 1.54) is 25.7 Å². The maximum Gasteiger partial charge on any atom is 0.330 e. The summed E-state index contributed by atoms with van der Waals surface area (Å²) in [4.78, 5) is 40.2. The number of aliphatic carboxylic acids is 2. The Morgan fingerprint density at radius 3 is 1.35 bits per heavy atom. The van der Waals surface area contributed by atoms with Gasteiger partial charge in [-0.3, -0.25) is 0 Å². The predicted molar refractivity (Wildman–Crippen MR) is 110 cm³/mol. The summed E-state index contributed by atoms with van der Waals surface area (Å²) in [7, 11) is 0. The zero-order valence-electron chi connectivity index (χ0n) is 18.0. The van der Waals surface area contributed by atoms with E-state index in [4.69, 9.17) is 10.2 Å². The normalized spacial score (nSPS) is 9.68. The van der Waals surface area contributed by atoms with Crippen LogP contribution in [-0.2, 0) is 28.7 Å². The smallest absolute Gasteiger partial charge is 0.330 e. The molecule has 0 aliphatic rings. The number of ether oxygens (including phenoxy) is 2. The quantitative estimate of drug-likeness (QED) is 0.115. The van der Waals surface area contributed by atoms with E-state index in [1.807, 2.05) is 0 Å². The van der Waals surface area contributed by atoms with Gasteiger partial charge in [-0.25, -0.2) is 9.59 Å². The van der Waals surface area contributed by atoms with E-state index in [0.29, 0.717) is 24.3 Å². The molecule has 0 saturated carbocycles. The van der Waals surface area contributed by atoms with Gasteiger partial charge in [-0.2, -0.15) is 0 Å². The molecule has 0 rings (SSSR count). The molecule has 176 valence electrons. The van der Waals surface area contributed by atoms with Crippen LogP contribution < -0.4 is 10.2 Å². The summed E-state index contributed by atoms with van der Waals surface area (Å²) < 4.78 is 11.8. The van der Waals surface area contributed by atoms with E-state index in [9.17, 15) is 29.4 Å². The number of hydrogen-bond acceptors (Lipinski definition) is 10. The van der Waals surface area contributed by atoms with Gasteiger partial charge in [-0.1, -0.05) is 0 Å². The van der Waals surface area contributed by atoms with Crippen LogP contribution in [0.15, 0.2) is 24.3 Å². The zero-order valence-corrected chi connectivity index (χ0v) is 20.9. The van der Waals surface area contributed by atoms with Crippen molar-refractivity contribution in [2.45, 2.75) is 48.4 Å². The Labute approximate surface area is 193 Å². The van der Waals surface area contributed by atoms with E-state index in [0.717, 1.165) is 0 Å². The number of hydrogen-bond donors (Lipinski definition) is 2. The number of esters is 2. The molecular weight excluding hydrogens is 519 g/mol. The van der Waals surface area contributed by atoms with E-state index >= 15 is 0 Å². The van der Waals surface area contributed by atoms with Gasteiger partial charge in [0, 0.05) is 12.2 Å². The summed E-state index contributed by atoms with van der Waals surface area (Å²) >= 11 is 0.149. The Hall–Kier alpha value is -1.92. The van der Waals surface area contributed by atoms with Crippen molar-refractivity contribution >= 4 is 45.0 Å². The maximum absolute atomic E-state index is 10.4. The molecule has 0 aliphatic carbocycles. The number of carbonyl (C=O) groups excluding carboxylic acids is 4. The van der Waals surface area contributed by atoms with Crippen LogP contribution in [0.4, 0.5) is 0 Å². The SMILES string of the molecule is CCC[CH2][Sn+2][CH2]CCC.O=C([O-])/C=C\C(=O)OCCO.O=C([O-])/C=C\C(=O)OCCO. The Morgan fingerprint density at radius 2 is 1.10 bits per heavy atom. The summed E-state index contributed by atoms with van der Waals surface area (Å²) in [5.74, 6) is -4.57. The Balaban J connectivity index is -0.000000382. The molecule has 2 N–H and O–H groups in total. The summed E-state index contributed by atoms with van der Waals surface area (Å²) in [6, 6.07) is 0. The topological polar surface area (TPSA) is 173 Å². The van der Waals surface area contributed by atoms with Crippen molar-refractivity contribution in [3.05, 3.63) is 24.3 Å². The van der Waals surface area contributed by atoms with Crippen molar-refractivity contribution in [2.24, 2.45) is 0 Å². The summed E-state index contributed by atoms with van der Waals surface area (Å²) in [6.07, 6.45) is 8.38. The minimum Gasteiger partial charge on any atom is -0.545 e. The second-order valence-electron chi connectivity index (χ2n) is 5.54. The molecule has 0 amide bonds. The fourth-order valence-electron chi connectivity index (χ4n) is 1.39. The Bertz CT molecular complexity index is 486. The monoisotopic (exact) mass is 552 g/mol. The molecule has 0 heterocycles. The zero-order chi connectivity index (χ0) is 24.3. The molecule has 0 spiro atoms. The minimum absolute atomic E-state index is 0.143. The number of aliphatic hydroxyl groups excluding tert-OH is 2. The molecule has 0 aliphatic heterocycles. The third-order valence-electron chi connectivity index (χ3n) is 2.80. The van der Waals surface area contributed by atoms with Crippen molar-refractivity contribution in [1.29, 1.82) is 0 Å². The van der Waals surface area contributed by atoms with Gasteiger partial charge in [0.25, 0.3) is 0 Å².